The van der Waals surface area contributed by atoms with E-state index in [0.29, 0.717) is 0 Å². The number of hydrogen-bond acceptors (Lipinski definition) is 4. The lowest BCUT2D eigenvalue weighted by Crippen LogP contribution is -1.99. The van der Waals surface area contributed by atoms with Crippen LogP contribution >= 0.6 is 23.5 Å². The van der Waals surface area contributed by atoms with E-state index in [1.165, 1.54) is 37.7 Å². The van der Waals surface area contributed by atoms with Gasteiger partial charge < -0.3 is 5.32 Å². The zero-order valence-corrected chi connectivity index (χ0v) is 14.9. The lowest BCUT2D eigenvalue weighted by molar-refractivity contribution is 1.16. The van der Waals surface area contributed by atoms with Crippen molar-refractivity contribution in [1.29, 1.82) is 0 Å². The third-order valence-corrected chi connectivity index (χ3v) is 6.07. The summed E-state index contributed by atoms with van der Waals surface area (Å²) in [6, 6.07) is 12.9. The minimum atomic E-state index is 1.08. The Bertz CT molecular complexity index is 890. The second-order valence-corrected chi connectivity index (χ2v) is 7.72. The molecule has 1 aliphatic heterocycles. The molecule has 1 aromatic heterocycles. The number of aromatic nitrogens is 1. The number of thioether (sulfide) groups is 2. The van der Waals surface area contributed by atoms with E-state index in [9.17, 15) is 0 Å². The third-order valence-electron chi connectivity index (χ3n) is 4.24. The van der Waals surface area contributed by atoms with Crippen LogP contribution in [0.4, 0.5) is 11.4 Å². The standard InChI is InChI=1S/C19H18N2S2/c1-12-11-20-16-6-7-17-15(8-9-23-17)18(16)19(12)21-13-4-3-5-14(10-13)22-2/h3-7,10-11H,8-9H2,1-2H3,(H,20,21). The molecule has 1 N–H and O–H groups in total. The first kappa shape index (κ1) is 14.9. The van der Waals surface area contributed by atoms with Gasteiger partial charge in [0.05, 0.1) is 11.2 Å². The third kappa shape index (κ3) is 2.70. The molecule has 3 aromatic rings. The van der Waals surface area contributed by atoms with E-state index >= 15 is 0 Å². The number of nitrogens with one attached hydrogen (secondary N) is 1. The van der Waals surface area contributed by atoms with Gasteiger partial charge in [-0.2, -0.15) is 0 Å². The largest absolute Gasteiger partial charge is 0.355 e. The zero-order chi connectivity index (χ0) is 15.8. The summed E-state index contributed by atoms with van der Waals surface area (Å²) in [5.74, 6) is 1.17. The number of benzene rings is 2. The fraction of sp³-hybridized carbons (Fsp3) is 0.211. The molecule has 116 valence electrons. The number of nitrogens with zero attached hydrogens (tertiary/aromatic N) is 1. The summed E-state index contributed by atoms with van der Waals surface area (Å²) in [6.45, 7) is 2.13. The monoisotopic (exact) mass is 338 g/mol. The predicted molar refractivity (Wildman–Crippen MR) is 102 cm³/mol. The molecule has 0 unspecified atom stereocenters. The smallest absolute Gasteiger partial charge is 0.0726 e. The molecule has 23 heavy (non-hydrogen) atoms. The van der Waals surface area contributed by atoms with Crippen LogP contribution < -0.4 is 5.32 Å². The lowest BCUT2D eigenvalue weighted by atomic mass is 10.0. The minimum Gasteiger partial charge on any atom is -0.355 e. The first-order valence-electron chi connectivity index (χ1n) is 7.71. The Morgan fingerprint density at radius 2 is 2.13 bits per heavy atom. The van der Waals surface area contributed by atoms with Crippen molar-refractivity contribution < 1.29 is 0 Å². The molecule has 2 nitrogen and oxygen atoms in total. The molecular formula is C19H18N2S2. The van der Waals surface area contributed by atoms with Crippen LogP contribution in [-0.4, -0.2) is 17.0 Å². The highest BCUT2D eigenvalue weighted by molar-refractivity contribution is 7.99. The van der Waals surface area contributed by atoms with E-state index < -0.39 is 0 Å². The topological polar surface area (TPSA) is 24.9 Å². The average Bonchev–Trinajstić information content (AvgIpc) is 3.06. The summed E-state index contributed by atoms with van der Waals surface area (Å²) < 4.78 is 0. The Labute approximate surface area is 145 Å². The molecule has 0 amide bonds. The molecule has 0 fully saturated rings. The SMILES string of the molecule is CSc1cccc(Nc2c(C)cnc3ccc4c(c23)CCS4)c1. The van der Waals surface area contributed by atoms with Crippen LogP contribution in [0.1, 0.15) is 11.1 Å². The average molecular weight is 339 g/mol. The van der Waals surface area contributed by atoms with Gasteiger partial charge in [0.2, 0.25) is 0 Å². The number of rotatable bonds is 3. The maximum Gasteiger partial charge on any atom is 0.0726 e. The summed E-state index contributed by atoms with van der Waals surface area (Å²) in [7, 11) is 0. The maximum atomic E-state index is 4.64. The molecule has 4 heteroatoms. The summed E-state index contributed by atoms with van der Waals surface area (Å²) in [4.78, 5) is 7.32. The Balaban J connectivity index is 1.88. The van der Waals surface area contributed by atoms with E-state index in [-0.39, 0.29) is 0 Å². The van der Waals surface area contributed by atoms with E-state index in [1.807, 2.05) is 18.0 Å². The van der Waals surface area contributed by atoms with Crippen molar-refractivity contribution in [3.63, 3.8) is 0 Å². The summed E-state index contributed by atoms with van der Waals surface area (Å²) in [6.07, 6.45) is 5.20. The molecule has 0 radical (unpaired) electrons. The van der Waals surface area contributed by atoms with E-state index in [0.717, 1.165) is 17.6 Å². The van der Waals surface area contributed by atoms with Gasteiger partial charge >= 0.3 is 0 Å². The Kier molecular flexibility index (Phi) is 3.95. The molecule has 2 aromatic carbocycles. The maximum absolute atomic E-state index is 4.64. The second kappa shape index (κ2) is 6.10. The number of fused-ring (bicyclic) bond motifs is 3. The minimum absolute atomic E-state index is 1.08. The summed E-state index contributed by atoms with van der Waals surface area (Å²) in [5, 5.41) is 4.95. The van der Waals surface area contributed by atoms with Gasteiger partial charge in [0, 0.05) is 32.8 Å². The lowest BCUT2D eigenvalue weighted by Gasteiger charge is -2.15. The van der Waals surface area contributed by atoms with Crippen molar-refractivity contribution in [3.8, 4) is 0 Å². The molecular weight excluding hydrogens is 320 g/mol. The van der Waals surface area contributed by atoms with Crippen molar-refractivity contribution in [2.75, 3.05) is 17.3 Å². The van der Waals surface area contributed by atoms with E-state index in [2.05, 4.69) is 59.9 Å². The van der Waals surface area contributed by atoms with Crippen LogP contribution in [0.5, 0.6) is 0 Å². The van der Waals surface area contributed by atoms with Crippen molar-refractivity contribution >= 4 is 45.8 Å². The van der Waals surface area contributed by atoms with Gasteiger partial charge in [-0.15, -0.1) is 23.5 Å². The van der Waals surface area contributed by atoms with Crippen molar-refractivity contribution in [2.45, 2.75) is 23.1 Å². The molecule has 0 bridgehead atoms. The van der Waals surface area contributed by atoms with Gasteiger partial charge in [0.15, 0.2) is 0 Å². The van der Waals surface area contributed by atoms with Crippen molar-refractivity contribution in [3.05, 3.63) is 53.7 Å². The van der Waals surface area contributed by atoms with Crippen LogP contribution in [0.15, 0.2) is 52.4 Å². The fourth-order valence-electron chi connectivity index (χ4n) is 3.08. The molecule has 4 rings (SSSR count). The number of hydrogen-bond donors (Lipinski definition) is 1. The number of anilines is 2. The summed E-state index contributed by atoms with van der Waals surface area (Å²) >= 11 is 3.72. The van der Waals surface area contributed by atoms with E-state index in [1.54, 1.807) is 11.8 Å². The van der Waals surface area contributed by atoms with Gasteiger partial charge in [-0.25, -0.2) is 0 Å². The highest BCUT2D eigenvalue weighted by Gasteiger charge is 2.18. The van der Waals surface area contributed by atoms with Crippen LogP contribution in [0.2, 0.25) is 0 Å². The zero-order valence-electron chi connectivity index (χ0n) is 13.2. The molecule has 0 saturated carbocycles. The highest BCUT2D eigenvalue weighted by atomic mass is 32.2. The molecule has 1 aliphatic rings. The van der Waals surface area contributed by atoms with Crippen LogP contribution in [-0.2, 0) is 6.42 Å². The first-order valence-corrected chi connectivity index (χ1v) is 9.92. The van der Waals surface area contributed by atoms with Gasteiger partial charge in [0.25, 0.3) is 0 Å². The van der Waals surface area contributed by atoms with Crippen molar-refractivity contribution in [2.24, 2.45) is 0 Å². The molecule has 2 heterocycles. The van der Waals surface area contributed by atoms with Gasteiger partial charge in [-0.1, -0.05) is 6.07 Å². The summed E-state index contributed by atoms with van der Waals surface area (Å²) in [5.41, 5.74) is 6.06. The van der Waals surface area contributed by atoms with Crippen LogP contribution in [0.25, 0.3) is 10.9 Å². The molecule has 0 spiro atoms. The quantitative estimate of drug-likeness (QED) is 0.623. The second-order valence-electron chi connectivity index (χ2n) is 5.71. The molecule has 0 atom stereocenters. The molecule has 0 saturated heterocycles. The van der Waals surface area contributed by atoms with Gasteiger partial charge in [-0.3, -0.25) is 4.98 Å². The van der Waals surface area contributed by atoms with Gasteiger partial charge in [-0.05, 0) is 61.1 Å². The Hall–Kier alpha value is -1.65. The van der Waals surface area contributed by atoms with Crippen LogP contribution in [0, 0.1) is 6.92 Å². The normalized spacial score (nSPS) is 13.3. The molecule has 0 aliphatic carbocycles. The number of aryl methyl sites for hydroxylation is 2. The van der Waals surface area contributed by atoms with Crippen molar-refractivity contribution in [1.82, 2.24) is 4.98 Å². The fourth-order valence-corrected chi connectivity index (χ4v) is 4.61. The highest BCUT2D eigenvalue weighted by Crippen LogP contribution is 2.40. The Morgan fingerprint density at radius 1 is 1.22 bits per heavy atom. The van der Waals surface area contributed by atoms with E-state index in [4.69, 9.17) is 0 Å². The van der Waals surface area contributed by atoms with Crippen LogP contribution in [0.3, 0.4) is 0 Å². The first-order chi connectivity index (χ1) is 11.3. The van der Waals surface area contributed by atoms with Gasteiger partial charge in [0.1, 0.15) is 0 Å². The Morgan fingerprint density at radius 3 is 3.00 bits per heavy atom. The predicted octanol–water partition coefficient (Wildman–Crippen LogP) is 5.66. The number of pyridine rings is 1.